The van der Waals surface area contributed by atoms with Crippen molar-refractivity contribution in [3.8, 4) is 0 Å². The summed E-state index contributed by atoms with van der Waals surface area (Å²) < 4.78 is 6.94. The van der Waals surface area contributed by atoms with Gasteiger partial charge in [0.05, 0.1) is 11.1 Å². The number of amides is 1. The van der Waals surface area contributed by atoms with Crippen molar-refractivity contribution in [1.82, 2.24) is 15.0 Å². The van der Waals surface area contributed by atoms with E-state index in [4.69, 9.17) is 4.74 Å². The van der Waals surface area contributed by atoms with Crippen LogP contribution in [0.2, 0.25) is 0 Å². The molecule has 0 fully saturated rings. The van der Waals surface area contributed by atoms with Gasteiger partial charge >= 0.3 is 5.97 Å². The van der Waals surface area contributed by atoms with Crippen molar-refractivity contribution in [2.24, 2.45) is 0 Å². The average Bonchev–Trinajstić information content (AvgIpc) is 3.22. The van der Waals surface area contributed by atoms with Gasteiger partial charge in [0.1, 0.15) is 5.52 Å². The number of aromatic nitrogens is 3. The molecule has 1 amide bonds. The molecule has 0 saturated carbocycles. The third-order valence-electron chi connectivity index (χ3n) is 4.91. The number of nitrogens with zero attached hydrogens (tertiary/aromatic N) is 3. The third kappa shape index (κ3) is 4.78. The molecule has 0 aliphatic heterocycles. The highest BCUT2D eigenvalue weighted by Gasteiger charge is 2.14. The van der Waals surface area contributed by atoms with Gasteiger partial charge in [-0.25, -0.2) is 9.48 Å². The molecule has 7 heteroatoms. The van der Waals surface area contributed by atoms with E-state index < -0.39 is 11.9 Å². The van der Waals surface area contributed by atoms with Gasteiger partial charge in [-0.3, -0.25) is 4.79 Å². The van der Waals surface area contributed by atoms with E-state index >= 15 is 0 Å². The Balaban J connectivity index is 1.38. The highest BCUT2D eigenvalue weighted by atomic mass is 16.5. The van der Waals surface area contributed by atoms with Crippen LogP contribution in [0.1, 0.15) is 28.4 Å². The predicted molar refractivity (Wildman–Crippen MR) is 118 cm³/mol. The van der Waals surface area contributed by atoms with E-state index in [-0.39, 0.29) is 6.61 Å². The number of rotatable bonds is 7. The first kappa shape index (κ1) is 20.3. The Morgan fingerprint density at radius 1 is 1.00 bits per heavy atom. The van der Waals surface area contributed by atoms with Crippen molar-refractivity contribution < 1.29 is 14.3 Å². The summed E-state index contributed by atoms with van der Waals surface area (Å²) >= 11 is 0. The van der Waals surface area contributed by atoms with Gasteiger partial charge < -0.3 is 10.1 Å². The van der Waals surface area contributed by atoms with Crippen LogP contribution in [0.4, 0.5) is 5.69 Å². The molecule has 0 saturated heterocycles. The molecule has 0 unspecified atom stereocenters. The number of fused-ring (bicyclic) bond motifs is 1. The molecule has 1 heterocycles. The molecule has 7 nitrogen and oxygen atoms in total. The van der Waals surface area contributed by atoms with Crippen molar-refractivity contribution in [2.45, 2.75) is 19.9 Å². The number of para-hydroxylation sites is 1. The topological polar surface area (TPSA) is 86.1 Å². The van der Waals surface area contributed by atoms with E-state index in [0.717, 1.165) is 16.6 Å². The van der Waals surface area contributed by atoms with Gasteiger partial charge in [0, 0.05) is 12.2 Å². The minimum absolute atomic E-state index is 0.327. The zero-order chi connectivity index (χ0) is 21.6. The lowest BCUT2D eigenvalue weighted by atomic mass is 10.0. The molecule has 31 heavy (non-hydrogen) atoms. The summed E-state index contributed by atoms with van der Waals surface area (Å²) in [5.41, 5.74) is 4.60. The lowest BCUT2D eigenvalue weighted by Crippen LogP contribution is -2.21. The van der Waals surface area contributed by atoms with Crippen molar-refractivity contribution in [3.63, 3.8) is 0 Å². The Morgan fingerprint density at radius 3 is 2.58 bits per heavy atom. The zero-order valence-corrected chi connectivity index (χ0v) is 17.1. The molecule has 0 bridgehead atoms. The van der Waals surface area contributed by atoms with E-state index in [0.29, 0.717) is 29.7 Å². The van der Waals surface area contributed by atoms with Crippen molar-refractivity contribution in [2.75, 3.05) is 11.9 Å². The number of nitrogens with one attached hydrogen (secondary N) is 1. The first-order valence-corrected chi connectivity index (χ1v) is 10.1. The van der Waals surface area contributed by atoms with Crippen LogP contribution in [0.3, 0.4) is 0 Å². The van der Waals surface area contributed by atoms with Crippen molar-refractivity contribution >= 4 is 28.6 Å². The molecular weight excluding hydrogens is 392 g/mol. The number of hydrogen-bond donors (Lipinski definition) is 1. The smallest absolute Gasteiger partial charge is 0.338 e. The highest BCUT2D eigenvalue weighted by molar-refractivity contribution is 5.97. The maximum Gasteiger partial charge on any atom is 0.338 e. The Hall–Kier alpha value is -4.00. The van der Waals surface area contributed by atoms with Crippen LogP contribution in [-0.4, -0.2) is 33.5 Å². The lowest BCUT2D eigenvalue weighted by Gasteiger charge is -2.11. The minimum atomic E-state index is -0.583. The number of anilines is 1. The summed E-state index contributed by atoms with van der Waals surface area (Å²) in [6, 6.07) is 22.6. The number of aryl methyl sites for hydroxylation is 1. The number of carbonyl (C=O) groups is 2. The Kier molecular flexibility index (Phi) is 6.03. The second-order valence-corrected chi connectivity index (χ2v) is 7.05. The normalized spacial score (nSPS) is 10.7. The SMILES string of the molecule is CCn1nnc2cc(C(=O)OCC(=O)Nc3ccccc3Cc3ccccc3)ccc21. The molecule has 1 N–H and O–H groups in total. The number of carbonyl (C=O) groups excluding carboxylic acids is 2. The van der Waals surface area contributed by atoms with Crippen molar-refractivity contribution in [1.29, 1.82) is 0 Å². The van der Waals surface area contributed by atoms with E-state index in [9.17, 15) is 9.59 Å². The minimum Gasteiger partial charge on any atom is -0.452 e. The summed E-state index contributed by atoms with van der Waals surface area (Å²) in [6.07, 6.45) is 0.690. The van der Waals surface area contributed by atoms with Crippen LogP contribution in [0.25, 0.3) is 11.0 Å². The first-order valence-electron chi connectivity index (χ1n) is 10.1. The molecule has 0 atom stereocenters. The molecule has 1 aromatic heterocycles. The standard InChI is InChI=1S/C24H22N4O3/c1-2-28-22-13-12-19(15-21(22)26-27-28)24(30)31-16-23(29)25-20-11-7-6-10-18(20)14-17-8-4-3-5-9-17/h3-13,15H,2,14,16H2,1H3,(H,25,29). The van der Waals surface area contributed by atoms with E-state index in [1.54, 1.807) is 22.9 Å². The van der Waals surface area contributed by atoms with Gasteiger partial charge in [-0.1, -0.05) is 53.7 Å². The molecule has 0 spiro atoms. The summed E-state index contributed by atoms with van der Waals surface area (Å²) in [5.74, 6) is -0.979. The Labute approximate surface area is 179 Å². The quantitative estimate of drug-likeness (QED) is 0.465. The fourth-order valence-corrected chi connectivity index (χ4v) is 3.35. The molecule has 4 aromatic rings. The van der Waals surface area contributed by atoms with E-state index in [2.05, 4.69) is 15.6 Å². The lowest BCUT2D eigenvalue weighted by molar-refractivity contribution is -0.119. The Morgan fingerprint density at radius 2 is 1.77 bits per heavy atom. The van der Waals surface area contributed by atoms with Gasteiger partial charge in [-0.05, 0) is 48.7 Å². The van der Waals surface area contributed by atoms with Crippen LogP contribution in [-0.2, 0) is 22.5 Å². The molecule has 156 valence electrons. The van der Waals surface area contributed by atoms with Crippen molar-refractivity contribution in [3.05, 3.63) is 89.5 Å². The monoisotopic (exact) mass is 414 g/mol. The second-order valence-electron chi connectivity index (χ2n) is 7.05. The van der Waals surface area contributed by atoms with Gasteiger partial charge in [0.15, 0.2) is 6.61 Å². The van der Waals surface area contributed by atoms with Crippen LogP contribution < -0.4 is 5.32 Å². The largest absolute Gasteiger partial charge is 0.452 e. The molecular formula is C24H22N4O3. The molecule has 4 rings (SSSR count). The third-order valence-corrected chi connectivity index (χ3v) is 4.91. The van der Waals surface area contributed by atoms with Crippen LogP contribution in [0.5, 0.6) is 0 Å². The summed E-state index contributed by atoms with van der Waals surface area (Å²) in [6.45, 7) is 2.28. The average molecular weight is 414 g/mol. The van der Waals surface area contributed by atoms with E-state index in [1.165, 1.54) is 0 Å². The second kappa shape index (κ2) is 9.21. The predicted octanol–water partition coefficient (Wildman–Crippen LogP) is 3.84. The molecule has 0 aliphatic carbocycles. The fourth-order valence-electron chi connectivity index (χ4n) is 3.35. The number of ether oxygens (including phenoxy) is 1. The highest BCUT2D eigenvalue weighted by Crippen LogP contribution is 2.19. The number of hydrogen-bond acceptors (Lipinski definition) is 5. The molecule has 0 radical (unpaired) electrons. The van der Waals surface area contributed by atoms with Crippen LogP contribution >= 0.6 is 0 Å². The number of esters is 1. The van der Waals surface area contributed by atoms with Gasteiger partial charge in [-0.2, -0.15) is 0 Å². The first-order chi connectivity index (χ1) is 15.1. The van der Waals surface area contributed by atoms with Gasteiger partial charge in [0.25, 0.3) is 5.91 Å². The molecule has 0 aliphatic rings. The maximum atomic E-state index is 12.4. The number of benzene rings is 3. The molecule has 3 aromatic carbocycles. The summed E-state index contributed by atoms with van der Waals surface area (Å²) in [4.78, 5) is 24.8. The summed E-state index contributed by atoms with van der Waals surface area (Å²) in [7, 11) is 0. The maximum absolute atomic E-state index is 12.4. The van der Waals surface area contributed by atoms with E-state index in [1.807, 2.05) is 61.5 Å². The zero-order valence-electron chi connectivity index (χ0n) is 17.1. The fraction of sp³-hybridized carbons (Fsp3) is 0.167. The van der Waals surface area contributed by atoms with Crippen LogP contribution in [0, 0.1) is 0 Å². The van der Waals surface area contributed by atoms with Gasteiger partial charge in [0.2, 0.25) is 0 Å². The Bertz CT molecular complexity index is 1220. The summed E-state index contributed by atoms with van der Waals surface area (Å²) in [5, 5.41) is 10.9. The van der Waals surface area contributed by atoms with Crippen LogP contribution in [0.15, 0.2) is 72.8 Å². The van der Waals surface area contributed by atoms with Gasteiger partial charge in [-0.15, -0.1) is 5.10 Å².